The number of ether oxygens (including phenoxy) is 2. The molecule has 6 nitrogen and oxygen atoms in total. The molecule has 0 aromatic carbocycles. The van der Waals surface area contributed by atoms with Gasteiger partial charge < -0.3 is 15.2 Å². The monoisotopic (exact) mass is 314 g/mol. The van der Waals surface area contributed by atoms with Gasteiger partial charge in [0, 0.05) is 25.3 Å². The first-order chi connectivity index (χ1) is 11.2. The van der Waals surface area contributed by atoms with Crippen LogP contribution >= 0.6 is 0 Å². The van der Waals surface area contributed by atoms with Crippen molar-refractivity contribution in [3.63, 3.8) is 0 Å². The van der Waals surface area contributed by atoms with Gasteiger partial charge in [-0.15, -0.1) is 0 Å². The minimum atomic E-state index is 0.358. The molecule has 0 amide bonds. The molecule has 0 spiro atoms. The third kappa shape index (κ3) is 2.91. The van der Waals surface area contributed by atoms with Crippen LogP contribution in [0.25, 0.3) is 0 Å². The minimum absolute atomic E-state index is 0.358. The van der Waals surface area contributed by atoms with Crippen molar-refractivity contribution in [2.75, 3.05) is 18.9 Å². The van der Waals surface area contributed by atoms with Gasteiger partial charge in [0.25, 0.3) is 0 Å². The zero-order chi connectivity index (χ0) is 15.8. The lowest BCUT2D eigenvalue weighted by Crippen LogP contribution is -2.24. The van der Waals surface area contributed by atoms with Crippen LogP contribution < -0.4 is 10.5 Å². The number of aromatic nitrogens is 3. The largest absolute Gasteiger partial charge is 0.450 e. The topological polar surface area (TPSA) is 75.2 Å². The summed E-state index contributed by atoms with van der Waals surface area (Å²) in [5.41, 5.74) is 6.94. The standard InChI is InChI=1S/C17H22N4O2/c1-11-10-22-8-6-13(11)16-15(9-21(20-16)12-4-5-12)23-14-3-2-7-19-17(14)18/h2-3,7,9,11-13H,4-6,8,10H2,1H3,(H2,18,19). The van der Waals surface area contributed by atoms with Crippen LogP contribution in [0, 0.1) is 5.92 Å². The summed E-state index contributed by atoms with van der Waals surface area (Å²) < 4.78 is 13.7. The molecule has 1 saturated carbocycles. The quantitative estimate of drug-likeness (QED) is 0.938. The van der Waals surface area contributed by atoms with Gasteiger partial charge in [0.15, 0.2) is 17.3 Å². The van der Waals surface area contributed by atoms with E-state index < -0.39 is 0 Å². The average molecular weight is 314 g/mol. The molecule has 1 aliphatic carbocycles. The second kappa shape index (κ2) is 5.85. The number of nitrogens with two attached hydrogens (primary N) is 1. The summed E-state index contributed by atoms with van der Waals surface area (Å²) in [5, 5.41) is 4.85. The van der Waals surface area contributed by atoms with Crippen LogP contribution in [0.2, 0.25) is 0 Å². The SMILES string of the molecule is CC1COCCC1c1nn(C2CC2)cc1Oc1cccnc1N. The number of pyridine rings is 1. The summed E-state index contributed by atoms with van der Waals surface area (Å²) >= 11 is 0. The number of rotatable bonds is 4. The molecule has 6 heteroatoms. The van der Waals surface area contributed by atoms with Crippen molar-refractivity contribution < 1.29 is 9.47 Å². The Balaban J connectivity index is 1.68. The molecular weight excluding hydrogens is 292 g/mol. The van der Waals surface area contributed by atoms with Gasteiger partial charge in [0.05, 0.1) is 12.2 Å². The van der Waals surface area contributed by atoms with Crippen molar-refractivity contribution >= 4 is 5.82 Å². The maximum atomic E-state index is 6.09. The summed E-state index contributed by atoms with van der Waals surface area (Å²) in [7, 11) is 0. The van der Waals surface area contributed by atoms with Crippen LogP contribution in [0.15, 0.2) is 24.5 Å². The van der Waals surface area contributed by atoms with Crippen molar-refractivity contribution in [3.05, 3.63) is 30.2 Å². The first-order valence-electron chi connectivity index (χ1n) is 8.27. The van der Waals surface area contributed by atoms with Gasteiger partial charge in [-0.25, -0.2) is 4.98 Å². The van der Waals surface area contributed by atoms with Crippen LogP contribution in [0.3, 0.4) is 0 Å². The molecule has 2 aromatic heterocycles. The van der Waals surface area contributed by atoms with E-state index >= 15 is 0 Å². The molecule has 2 unspecified atom stereocenters. The van der Waals surface area contributed by atoms with Crippen molar-refractivity contribution in [2.24, 2.45) is 5.92 Å². The van der Waals surface area contributed by atoms with E-state index in [0.29, 0.717) is 29.4 Å². The molecule has 1 saturated heterocycles. The van der Waals surface area contributed by atoms with E-state index in [9.17, 15) is 0 Å². The van der Waals surface area contributed by atoms with Crippen LogP contribution in [0.1, 0.15) is 43.8 Å². The molecule has 3 heterocycles. The fourth-order valence-corrected chi connectivity index (χ4v) is 3.14. The van der Waals surface area contributed by atoms with Crippen LogP contribution in [0.4, 0.5) is 5.82 Å². The lowest BCUT2D eigenvalue weighted by Gasteiger charge is -2.28. The summed E-state index contributed by atoms with van der Waals surface area (Å²) in [6, 6.07) is 4.19. The maximum absolute atomic E-state index is 6.09. The molecule has 122 valence electrons. The van der Waals surface area contributed by atoms with Crippen LogP contribution in [0.5, 0.6) is 11.5 Å². The molecular formula is C17H22N4O2. The number of nitrogens with zero attached hydrogens (tertiary/aromatic N) is 3. The van der Waals surface area contributed by atoms with Crippen molar-refractivity contribution in [1.82, 2.24) is 14.8 Å². The number of nitrogen functional groups attached to an aromatic ring is 1. The first-order valence-corrected chi connectivity index (χ1v) is 8.27. The molecule has 0 radical (unpaired) electrons. The Bertz CT molecular complexity index is 696. The predicted octanol–water partition coefficient (Wildman–Crippen LogP) is 3.13. The summed E-state index contributed by atoms with van der Waals surface area (Å²) in [4.78, 5) is 4.09. The molecule has 23 heavy (non-hydrogen) atoms. The molecule has 0 bridgehead atoms. The first kappa shape index (κ1) is 14.5. The van der Waals surface area contributed by atoms with E-state index in [2.05, 4.69) is 16.6 Å². The zero-order valence-electron chi connectivity index (χ0n) is 13.3. The third-order valence-corrected chi connectivity index (χ3v) is 4.66. The normalized spacial score (nSPS) is 24.6. The molecule has 1 aliphatic heterocycles. The lowest BCUT2D eigenvalue weighted by molar-refractivity contribution is 0.0457. The third-order valence-electron chi connectivity index (χ3n) is 4.66. The highest BCUT2D eigenvalue weighted by atomic mass is 16.5. The number of hydrogen-bond donors (Lipinski definition) is 1. The van der Waals surface area contributed by atoms with Gasteiger partial charge in [0.2, 0.25) is 0 Å². The van der Waals surface area contributed by atoms with E-state index in [-0.39, 0.29) is 0 Å². The van der Waals surface area contributed by atoms with Gasteiger partial charge in [-0.1, -0.05) is 6.92 Å². The zero-order valence-corrected chi connectivity index (χ0v) is 13.3. The van der Waals surface area contributed by atoms with Gasteiger partial charge in [-0.3, -0.25) is 4.68 Å². The summed E-state index contributed by atoms with van der Waals surface area (Å²) in [6.45, 7) is 3.76. The van der Waals surface area contributed by atoms with Crippen molar-refractivity contribution in [3.8, 4) is 11.5 Å². The fourth-order valence-electron chi connectivity index (χ4n) is 3.14. The van der Waals surface area contributed by atoms with Crippen LogP contribution in [-0.4, -0.2) is 28.0 Å². The van der Waals surface area contributed by atoms with Gasteiger partial charge in [-0.05, 0) is 37.3 Å². The minimum Gasteiger partial charge on any atom is -0.450 e. The second-order valence-electron chi connectivity index (χ2n) is 6.53. The fraction of sp³-hybridized carbons (Fsp3) is 0.529. The molecule has 2 aromatic rings. The highest BCUT2D eigenvalue weighted by Gasteiger charge is 2.32. The van der Waals surface area contributed by atoms with E-state index in [4.69, 9.17) is 20.3 Å². The molecule has 2 aliphatic rings. The molecule has 2 N–H and O–H groups in total. The lowest BCUT2D eigenvalue weighted by atomic mass is 9.87. The summed E-state index contributed by atoms with van der Waals surface area (Å²) in [5.74, 6) is 2.58. The van der Waals surface area contributed by atoms with Gasteiger partial charge >= 0.3 is 0 Å². The van der Waals surface area contributed by atoms with E-state index in [1.807, 2.05) is 18.3 Å². The van der Waals surface area contributed by atoms with Crippen molar-refractivity contribution in [2.45, 2.75) is 38.1 Å². The number of hydrogen-bond acceptors (Lipinski definition) is 5. The highest BCUT2D eigenvalue weighted by molar-refractivity contribution is 5.48. The van der Waals surface area contributed by atoms with Crippen molar-refractivity contribution in [1.29, 1.82) is 0 Å². The van der Waals surface area contributed by atoms with E-state index in [1.165, 1.54) is 12.8 Å². The smallest absolute Gasteiger partial charge is 0.169 e. The Kier molecular flexibility index (Phi) is 3.69. The molecule has 4 rings (SSSR count). The Hall–Kier alpha value is -2.08. The van der Waals surface area contributed by atoms with E-state index in [0.717, 1.165) is 31.1 Å². The predicted molar refractivity (Wildman–Crippen MR) is 86.6 cm³/mol. The maximum Gasteiger partial charge on any atom is 0.169 e. The molecule has 2 atom stereocenters. The Morgan fingerprint density at radius 2 is 2.17 bits per heavy atom. The Morgan fingerprint density at radius 3 is 2.91 bits per heavy atom. The average Bonchev–Trinajstić information content (AvgIpc) is 3.32. The Labute approximate surface area is 135 Å². The number of anilines is 1. The molecule has 2 fully saturated rings. The van der Waals surface area contributed by atoms with E-state index in [1.54, 1.807) is 6.20 Å². The highest BCUT2D eigenvalue weighted by Crippen LogP contribution is 2.42. The van der Waals surface area contributed by atoms with Gasteiger partial charge in [0.1, 0.15) is 5.69 Å². The Morgan fingerprint density at radius 1 is 1.30 bits per heavy atom. The van der Waals surface area contributed by atoms with Crippen LogP contribution in [-0.2, 0) is 4.74 Å². The summed E-state index contributed by atoms with van der Waals surface area (Å²) in [6.07, 6.45) is 7.04. The second-order valence-corrected chi connectivity index (χ2v) is 6.53. The van der Waals surface area contributed by atoms with Gasteiger partial charge in [-0.2, -0.15) is 5.10 Å².